The van der Waals surface area contributed by atoms with Crippen LogP contribution in [-0.4, -0.2) is 0 Å². The Morgan fingerprint density at radius 2 is 1.08 bits per heavy atom. The predicted molar refractivity (Wildman–Crippen MR) is 170 cm³/mol. The van der Waals surface area contributed by atoms with Gasteiger partial charge in [-0.2, -0.15) is 0 Å². The van der Waals surface area contributed by atoms with E-state index >= 15 is 0 Å². The molecule has 0 saturated heterocycles. The third-order valence-corrected chi connectivity index (χ3v) is 9.42. The first-order valence-electron chi connectivity index (χ1n) is 15.6. The highest BCUT2D eigenvalue weighted by atomic mass is 14.5. The summed E-state index contributed by atoms with van der Waals surface area (Å²) < 4.78 is 0. The molecule has 2 aromatic carbocycles. The summed E-state index contributed by atoms with van der Waals surface area (Å²) in [4.78, 5) is 0. The number of fused-ring (bicyclic) bond motifs is 3. The molecule has 0 fully saturated rings. The molecule has 1 aliphatic carbocycles. The molecule has 2 aromatic rings. The van der Waals surface area contributed by atoms with Gasteiger partial charge >= 0.3 is 0 Å². The minimum Gasteiger partial charge on any atom is -0.103 e. The van der Waals surface area contributed by atoms with Crippen molar-refractivity contribution in [1.82, 2.24) is 0 Å². The lowest BCUT2D eigenvalue weighted by Crippen LogP contribution is -2.27. The Balaban J connectivity index is 2.07. The zero-order valence-corrected chi connectivity index (χ0v) is 25.7. The standard InChI is InChI=1S/C38H56/c1-9-12-14-16-18-20-26-38(27-21-19-17-15-13-10-2)34-28-30(36(4,5)6)22-24-32(34)33-25-23-31(29-35(33)38)37(7,8)11-3/h9-10,22-25,28-29H,1-2,11-21,26-27H2,3-8H3. The molecule has 0 unspecified atom stereocenters. The maximum Gasteiger partial charge on any atom is 0.0215 e. The largest absolute Gasteiger partial charge is 0.103 e. The van der Waals surface area contributed by atoms with Crippen LogP contribution in [0.4, 0.5) is 0 Å². The smallest absolute Gasteiger partial charge is 0.0215 e. The molecule has 0 amide bonds. The molecule has 0 heterocycles. The van der Waals surface area contributed by atoms with Gasteiger partial charge in [-0.05, 0) is 89.2 Å². The van der Waals surface area contributed by atoms with Gasteiger partial charge in [-0.15, -0.1) is 13.2 Å². The first-order valence-corrected chi connectivity index (χ1v) is 15.6. The summed E-state index contributed by atoms with van der Waals surface area (Å²) in [6.45, 7) is 22.1. The summed E-state index contributed by atoms with van der Waals surface area (Å²) in [5.41, 5.74) is 9.67. The van der Waals surface area contributed by atoms with Crippen LogP contribution >= 0.6 is 0 Å². The highest BCUT2D eigenvalue weighted by molar-refractivity contribution is 5.82. The van der Waals surface area contributed by atoms with E-state index in [9.17, 15) is 0 Å². The van der Waals surface area contributed by atoms with Gasteiger partial charge in [0.2, 0.25) is 0 Å². The van der Waals surface area contributed by atoms with Crippen LogP contribution in [0.3, 0.4) is 0 Å². The molecule has 0 saturated carbocycles. The number of hydrogen-bond donors (Lipinski definition) is 0. The van der Waals surface area contributed by atoms with Gasteiger partial charge in [0.25, 0.3) is 0 Å². The molecule has 3 rings (SSSR count). The second-order valence-corrected chi connectivity index (χ2v) is 13.6. The monoisotopic (exact) mass is 512 g/mol. The maximum atomic E-state index is 3.92. The van der Waals surface area contributed by atoms with Crippen molar-refractivity contribution in [3.63, 3.8) is 0 Å². The Morgan fingerprint density at radius 1 is 0.632 bits per heavy atom. The lowest BCUT2D eigenvalue weighted by molar-refractivity contribution is 0.397. The van der Waals surface area contributed by atoms with Crippen LogP contribution in [0.5, 0.6) is 0 Å². The number of benzene rings is 2. The molecule has 208 valence electrons. The quantitative estimate of drug-likeness (QED) is 0.155. The lowest BCUT2D eigenvalue weighted by Gasteiger charge is -2.35. The fraction of sp³-hybridized carbons (Fsp3) is 0.579. The number of allylic oxidation sites excluding steroid dienone is 2. The zero-order valence-electron chi connectivity index (χ0n) is 25.7. The van der Waals surface area contributed by atoms with Crippen LogP contribution in [0.25, 0.3) is 11.1 Å². The van der Waals surface area contributed by atoms with Crippen molar-refractivity contribution >= 4 is 0 Å². The Kier molecular flexibility index (Phi) is 10.7. The van der Waals surface area contributed by atoms with Crippen LogP contribution in [-0.2, 0) is 16.2 Å². The number of rotatable bonds is 16. The van der Waals surface area contributed by atoms with E-state index in [1.807, 2.05) is 0 Å². The SMILES string of the molecule is C=CCCCCCCC1(CCCCCCC=C)c2cc(C(C)(C)C)ccc2-c2ccc(C(C)(C)CC)cc21. The van der Waals surface area contributed by atoms with Gasteiger partial charge in [-0.3, -0.25) is 0 Å². The van der Waals surface area contributed by atoms with Crippen LogP contribution < -0.4 is 0 Å². The van der Waals surface area contributed by atoms with E-state index in [2.05, 4.69) is 103 Å². The van der Waals surface area contributed by atoms with E-state index < -0.39 is 0 Å². The lowest BCUT2D eigenvalue weighted by atomic mass is 9.68. The van der Waals surface area contributed by atoms with Gasteiger partial charge in [-0.1, -0.05) is 129 Å². The van der Waals surface area contributed by atoms with Crippen LogP contribution in [0.2, 0.25) is 0 Å². The summed E-state index contributed by atoms with van der Waals surface area (Å²) in [5.74, 6) is 0. The van der Waals surface area contributed by atoms with Crippen molar-refractivity contribution < 1.29 is 0 Å². The van der Waals surface area contributed by atoms with Crippen molar-refractivity contribution in [2.45, 2.75) is 141 Å². The molecule has 38 heavy (non-hydrogen) atoms. The van der Waals surface area contributed by atoms with Crippen molar-refractivity contribution in [3.8, 4) is 11.1 Å². The van der Waals surface area contributed by atoms with Crippen molar-refractivity contribution in [2.75, 3.05) is 0 Å². The number of unbranched alkanes of at least 4 members (excludes halogenated alkanes) is 8. The van der Waals surface area contributed by atoms with Gasteiger partial charge in [0, 0.05) is 5.41 Å². The minimum absolute atomic E-state index is 0.128. The molecule has 0 N–H and O–H groups in total. The first kappa shape index (κ1) is 30.5. The molecule has 0 aromatic heterocycles. The zero-order chi connectivity index (χ0) is 27.8. The van der Waals surface area contributed by atoms with Crippen molar-refractivity contribution in [1.29, 1.82) is 0 Å². The highest BCUT2D eigenvalue weighted by Crippen LogP contribution is 2.55. The van der Waals surface area contributed by atoms with Gasteiger partial charge in [0.1, 0.15) is 0 Å². The topological polar surface area (TPSA) is 0 Å². The van der Waals surface area contributed by atoms with E-state index in [1.54, 1.807) is 11.1 Å². The van der Waals surface area contributed by atoms with E-state index in [-0.39, 0.29) is 16.2 Å². The second kappa shape index (κ2) is 13.3. The fourth-order valence-corrected chi connectivity index (χ4v) is 6.39. The third kappa shape index (κ3) is 6.91. The third-order valence-electron chi connectivity index (χ3n) is 9.42. The number of hydrogen-bond acceptors (Lipinski definition) is 0. The molecule has 0 bridgehead atoms. The summed E-state index contributed by atoms with van der Waals surface area (Å²) >= 11 is 0. The Bertz CT molecular complexity index is 1040. The molecule has 0 aliphatic heterocycles. The Morgan fingerprint density at radius 3 is 1.53 bits per heavy atom. The predicted octanol–water partition coefficient (Wildman–Crippen LogP) is 12.0. The van der Waals surface area contributed by atoms with E-state index in [0.717, 1.165) is 19.3 Å². The van der Waals surface area contributed by atoms with Crippen molar-refractivity contribution in [2.24, 2.45) is 0 Å². The van der Waals surface area contributed by atoms with Gasteiger partial charge in [0.15, 0.2) is 0 Å². The van der Waals surface area contributed by atoms with Crippen molar-refractivity contribution in [3.05, 3.63) is 84.0 Å². The molecule has 0 heteroatoms. The average molecular weight is 513 g/mol. The van der Waals surface area contributed by atoms with E-state index in [4.69, 9.17) is 0 Å². The molecule has 0 atom stereocenters. The Hall–Kier alpha value is -2.08. The van der Waals surface area contributed by atoms with Crippen LogP contribution in [0.1, 0.15) is 147 Å². The average Bonchev–Trinajstić information content (AvgIpc) is 3.16. The summed E-state index contributed by atoms with van der Waals surface area (Å²) in [5, 5.41) is 0. The maximum absolute atomic E-state index is 3.92. The first-order chi connectivity index (χ1) is 18.1. The molecular formula is C38H56. The Labute approximate surface area is 236 Å². The van der Waals surface area contributed by atoms with E-state index in [0.29, 0.717) is 0 Å². The fourth-order valence-electron chi connectivity index (χ4n) is 6.39. The minimum atomic E-state index is 0.128. The summed E-state index contributed by atoms with van der Waals surface area (Å²) in [6.07, 6.45) is 20.5. The molecule has 0 radical (unpaired) electrons. The highest BCUT2D eigenvalue weighted by Gasteiger charge is 2.43. The molecule has 1 aliphatic rings. The van der Waals surface area contributed by atoms with Crippen LogP contribution in [0, 0.1) is 0 Å². The van der Waals surface area contributed by atoms with Gasteiger partial charge < -0.3 is 0 Å². The summed E-state index contributed by atoms with van der Waals surface area (Å²) in [7, 11) is 0. The van der Waals surface area contributed by atoms with Crippen LogP contribution in [0.15, 0.2) is 61.7 Å². The molecule has 0 spiro atoms. The van der Waals surface area contributed by atoms with E-state index in [1.165, 1.54) is 86.5 Å². The van der Waals surface area contributed by atoms with Gasteiger partial charge in [-0.25, -0.2) is 0 Å². The molecule has 0 nitrogen and oxygen atoms in total. The van der Waals surface area contributed by atoms with Gasteiger partial charge in [0.05, 0.1) is 0 Å². The second-order valence-electron chi connectivity index (χ2n) is 13.6. The normalized spacial score (nSPS) is 14.3. The summed E-state index contributed by atoms with van der Waals surface area (Å²) in [6, 6.07) is 15.0. The molecular weight excluding hydrogens is 456 g/mol.